The van der Waals surface area contributed by atoms with Gasteiger partial charge in [-0.1, -0.05) is 19.9 Å². The lowest BCUT2D eigenvalue weighted by molar-refractivity contribution is 0.0697. The quantitative estimate of drug-likeness (QED) is 0.163. The van der Waals surface area contributed by atoms with Crippen molar-refractivity contribution in [1.82, 2.24) is 15.3 Å². The Kier molecular flexibility index (Phi) is 6.87. The van der Waals surface area contributed by atoms with E-state index in [4.69, 9.17) is 10.5 Å². The molecule has 6 N–H and O–H groups in total. The highest BCUT2D eigenvalue weighted by molar-refractivity contribution is 7.13. The fraction of sp³-hybridized carbons (Fsp3) is 0.161. The second-order valence-corrected chi connectivity index (χ2v) is 11.4. The molecule has 10 nitrogen and oxygen atoms in total. The number of H-pyrrole nitrogens is 1. The molecule has 2 amide bonds. The number of benzene rings is 3. The van der Waals surface area contributed by atoms with E-state index in [0.29, 0.717) is 41.2 Å². The maximum Gasteiger partial charge on any atom is 0.336 e. The molecule has 3 aromatic carbocycles. The number of ether oxygens (including phenoxy) is 1. The number of carbonyl (C=O) groups is 3. The van der Waals surface area contributed by atoms with Crippen molar-refractivity contribution >= 4 is 51.8 Å². The highest BCUT2D eigenvalue weighted by Gasteiger charge is 2.26. The van der Waals surface area contributed by atoms with Gasteiger partial charge >= 0.3 is 5.97 Å². The van der Waals surface area contributed by atoms with Gasteiger partial charge in [-0.05, 0) is 71.0 Å². The lowest BCUT2D eigenvalue weighted by Gasteiger charge is -2.22. The third-order valence-corrected chi connectivity index (χ3v) is 7.96. The normalized spacial score (nSPS) is 12.0. The molecule has 0 atom stereocenters. The van der Waals surface area contributed by atoms with Gasteiger partial charge < -0.3 is 31.2 Å². The minimum absolute atomic E-state index is 0.108. The van der Waals surface area contributed by atoms with Gasteiger partial charge in [0.15, 0.2) is 5.95 Å². The van der Waals surface area contributed by atoms with Crippen LogP contribution in [-0.4, -0.2) is 39.4 Å². The van der Waals surface area contributed by atoms with Crippen LogP contribution in [0.3, 0.4) is 0 Å². The van der Waals surface area contributed by atoms with Gasteiger partial charge in [-0.2, -0.15) is 0 Å². The topological polar surface area (TPSA) is 159 Å². The molecular formula is C31H27N5O5S. The SMILES string of the molecule is CC(C)CNC(=O)c1ccc(-c2cc3c(cc2C(=O)Nc2ccc4nc(N)[nH]c4c2)-c2sccc2CO3)c(C(=O)O)c1. The van der Waals surface area contributed by atoms with Crippen molar-refractivity contribution in [2.24, 2.45) is 5.92 Å². The maximum atomic E-state index is 13.9. The van der Waals surface area contributed by atoms with Gasteiger partial charge in [0.05, 0.1) is 16.6 Å². The summed E-state index contributed by atoms with van der Waals surface area (Å²) in [6.45, 7) is 4.76. The second kappa shape index (κ2) is 10.7. The van der Waals surface area contributed by atoms with Crippen LogP contribution in [0.15, 0.2) is 60.0 Å². The molecule has 212 valence electrons. The van der Waals surface area contributed by atoms with Gasteiger partial charge in [0.25, 0.3) is 11.8 Å². The van der Waals surface area contributed by atoms with Gasteiger partial charge in [0.2, 0.25) is 0 Å². The van der Waals surface area contributed by atoms with Crippen molar-refractivity contribution in [2.45, 2.75) is 20.5 Å². The van der Waals surface area contributed by atoms with E-state index in [1.165, 1.54) is 6.07 Å². The zero-order valence-corrected chi connectivity index (χ0v) is 23.6. The number of rotatable bonds is 7. The van der Waals surface area contributed by atoms with Gasteiger partial charge in [0.1, 0.15) is 12.4 Å². The van der Waals surface area contributed by atoms with Crippen molar-refractivity contribution < 1.29 is 24.2 Å². The molecule has 0 unspecified atom stereocenters. The Morgan fingerprint density at radius 3 is 2.64 bits per heavy atom. The first-order valence-corrected chi connectivity index (χ1v) is 14.2. The number of nitrogens with two attached hydrogens (primary N) is 1. The molecule has 0 aliphatic carbocycles. The Hall–Kier alpha value is -5.16. The van der Waals surface area contributed by atoms with Gasteiger partial charge in [-0.15, -0.1) is 11.3 Å². The number of aromatic amines is 1. The number of fused-ring (bicyclic) bond motifs is 4. The van der Waals surface area contributed by atoms with Crippen LogP contribution in [0.1, 0.15) is 50.5 Å². The van der Waals surface area contributed by atoms with Crippen LogP contribution in [0.5, 0.6) is 5.75 Å². The molecule has 6 rings (SSSR count). The zero-order valence-electron chi connectivity index (χ0n) is 22.8. The van der Waals surface area contributed by atoms with E-state index in [0.717, 1.165) is 16.0 Å². The third-order valence-electron chi connectivity index (χ3n) is 6.97. The molecule has 1 aliphatic rings. The van der Waals surface area contributed by atoms with Crippen LogP contribution in [0.4, 0.5) is 11.6 Å². The summed E-state index contributed by atoms with van der Waals surface area (Å²) in [5, 5.41) is 17.9. The third kappa shape index (κ3) is 5.06. The number of thiophene rings is 1. The molecule has 0 fully saturated rings. The highest BCUT2D eigenvalue weighted by Crippen LogP contribution is 2.45. The Labute approximate surface area is 244 Å². The molecule has 0 radical (unpaired) electrons. The predicted octanol–water partition coefficient (Wildman–Crippen LogP) is 5.77. The second-order valence-electron chi connectivity index (χ2n) is 10.4. The van der Waals surface area contributed by atoms with Crippen LogP contribution < -0.4 is 21.1 Å². The largest absolute Gasteiger partial charge is 0.488 e. The summed E-state index contributed by atoms with van der Waals surface area (Å²) in [5.74, 6) is -1.00. The molecule has 1 aliphatic heterocycles. The Morgan fingerprint density at radius 1 is 1.02 bits per heavy atom. The van der Waals surface area contributed by atoms with Crippen LogP contribution in [0.25, 0.3) is 32.6 Å². The summed E-state index contributed by atoms with van der Waals surface area (Å²) >= 11 is 1.54. The first kappa shape index (κ1) is 27.0. The summed E-state index contributed by atoms with van der Waals surface area (Å²) < 4.78 is 6.03. The minimum atomic E-state index is -1.23. The molecule has 3 heterocycles. The number of hydrogen-bond acceptors (Lipinski definition) is 7. The molecule has 42 heavy (non-hydrogen) atoms. The summed E-state index contributed by atoms with van der Waals surface area (Å²) in [7, 11) is 0. The lowest BCUT2D eigenvalue weighted by Crippen LogP contribution is -2.27. The smallest absolute Gasteiger partial charge is 0.336 e. The number of aromatic carboxylic acids is 1. The number of imidazole rings is 1. The van der Waals surface area contributed by atoms with E-state index in [1.54, 1.807) is 53.8 Å². The summed E-state index contributed by atoms with van der Waals surface area (Å²) in [6.07, 6.45) is 0. The number of carboxylic acids is 1. The number of nitrogens with one attached hydrogen (secondary N) is 3. The Morgan fingerprint density at radius 2 is 1.86 bits per heavy atom. The number of hydrogen-bond donors (Lipinski definition) is 5. The standard InChI is InChI=1S/C31H27N5O5S/c1-15(2)13-33-28(37)16-3-5-19(22(9-16)30(39)40)20-12-26-23(27-17(14-41-26)7-8-42-27)11-21(20)29(38)34-18-4-6-24-25(10-18)36-31(32)35-24/h3-12,15H,13-14H2,1-2H3,(H,33,37)(H,34,38)(H,39,40)(H3,32,35,36). The van der Waals surface area contributed by atoms with E-state index >= 15 is 0 Å². The van der Waals surface area contributed by atoms with E-state index in [-0.39, 0.29) is 40.0 Å². The molecule has 11 heteroatoms. The average molecular weight is 582 g/mol. The first-order chi connectivity index (χ1) is 20.2. The van der Waals surface area contributed by atoms with Crippen molar-refractivity contribution in [3.05, 3.63) is 82.2 Å². The Bertz CT molecular complexity index is 1890. The van der Waals surface area contributed by atoms with Crippen LogP contribution in [-0.2, 0) is 6.61 Å². The number of anilines is 2. The first-order valence-electron chi connectivity index (χ1n) is 13.3. The molecule has 0 spiro atoms. The van der Waals surface area contributed by atoms with E-state index in [9.17, 15) is 19.5 Å². The summed E-state index contributed by atoms with van der Waals surface area (Å²) in [6, 6.07) is 15.1. The van der Waals surface area contributed by atoms with E-state index in [1.807, 2.05) is 25.3 Å². The number of nitrogens with zero attached hydrogens (tertiary/aromatic N) is 1. The van der Waals surface area contributed by atoms with Crippen LogP contribution in [0, 0.1) is 5.92 Å². The zero-order chi connectivity index (χ0) is 29.5. The highest BCUT2D eigenvalue weighted by atomic mass is 32.1. The Balaban J connectivity index is 1.46. The number of carbonyl (C=O) groups excluding carboxylic acids is 2. The monoisotopic (exact) mass is 581 g/mol. The summed E-state index contributed by atoms with van der Waals surface area (Å²) in [5.41, 5.74) is 10.4. The van der Waals surface area contributed by atoms with E-state index < -0.39 is 11.9 Å². The number of amides is 2. The summed E-state index contributed by atoms with van der Waals surface area (Å²) in [4.78, 5) is 47.2. The number of nitrogen functional groups attached to an aromatic ring is 1. The lowest BCUT2D eigenvalue weighted by atomic mass is 9.90. The molecule has 0 saturated heterocycles. The number of aromatic nitrogens is 2. The van der Waals surface area contributed by atoms with Gasteiger partial charge in [-0.25, -0.2) is 9.78 Å². The molecule has 2 aromatic heterocycles. The average Bonchev–Trinajstić information content (AvgIpc) is 3.60. The van der Waals surface area contributed by atoms with Crippen molar-refractivity contribution in [3.8, 4) is 27.3 Å². The molecule has 0 bridgehead atoms. The predicted molar refractivity (Wildman–Crippen MR) is 162 cm³/mol. The van der Waals surface area contributed by atoms with Crippen molar-refractivity contribution in [1.29, 1.82) is 0 Å². The number of carboxylic acid groups (broad SMARTS) is 1. The van der Waals surface area contributed by atoms with Crippen molar-refractivity contribution in [3.63, 3.8) is 0 Å². The maximum absolute atomic E-state index is 13.9. The molecular weight excluding hydrogens is 554 g/mol. The van der Waals surface area contributed by atoms with Crippen molar-refractivity contribution in [2.75, 3.05) is 17.6 Å². The van der Waals surface area contributed by atoms with Gasteiger partial charge in [0, 0.05) is 39.4 Å². The fourth-order valence-corrected chi connectivity index (χ4v) is 5.86. The molecule has 0 saturated carbocycles. The van der Waals surface area contributed by atoms with E-state index in [2.05, 4.69) is 20.6 Å². The van der Waals surface area contributed by atoms with Crippen LogP contribution in [0.2, 0.25) is 0 Å². The van der Waals surface area contributed by atoms with Crippen LogP contribution >= 0.6 is 11.3 Å². The van der Waals surface area contributed by atoms with Gasteiger partial charge in [-0.3, -0.25) is 9.59 Å². The molecule has 5 aromatic rings. The minimum Gasteiger partial charge on any atom is -0.488 e. The fourth-order valence-electron chi connectivity index (χ4n) is 4.93.